The summed E-state index contributed by atoms with van der Waals surface area (Å²) in [5.74, 6) is 0. The second-order valence-corrected chi connectivity index (χ2v) is 4.07. The van der Waals surface area contributed by atoms with Gasteiger partial charge in [-0.3, -0.25) is 0 Å². The van der Waals surface area contributed by atoms with Crippen molar-refractivity contribution in [3.05, 3.63) is 49.1 Å². The first-order chi connectivity index (χ1) is 8.95. The number of ether oxygens (including phenoxy) is 2. The number of aromatic nitrogens is 2. The molecule has 2 aromatic rings. The Morgan fingerprint density at radius 3 is 1.33 bits per heavy atom. The first-order valence-electron chi connectivity index (χ1n) is 6.32. The molecule has 0 aromatic carbocycles. The Labute approximate surface area is 108 Å². The normalized spacial score (nSPS) is 10.9. The van der Waals surface area contributed by atoms with E-state index >= 15 is 0 Å². The van der Waals surface area contributed by atoms with Crippen molar-refractivity contribution in [3.63, 3.8) is 0 Å². The van der Waals surface area contributed by atoms with Gasteiger partial charge in [0.1, 0.15) is 0 Å². The largest absolute Gasteiger partial charge is 0.377 e. The predicted molar refractivity (Wildman–Crippen MR) is 70.5 cm³/mol. The maximum atomic E-state index is 5.49. The van der Waals surface area contributed by atoms with Crippen molar-refractivity contribution in [1.82, 2.24) is 9.13 Å². The molecule has 0 saturated heterocycles. The molecule has 0 unspecified atom stereocenters. The van der Waals surface area contributed by atoms with Gasteiger partial charge in [0.15, 0.2) is 0 Å². The predicted octanol–water partition coefficient (Wildman–Crippen LogP) is 2.02. The van der Waals surface area contributed by atoms with Crippen LogP contribution in [0.15, 0.2) is 49.1 Å². The summed E-state index contributed by atoms with van der Waals surface area (Å²) in [6.45, 7) is 4.58. The van der Waals surface area contributed by atoms with Crippen LogP contribution in [-0.4, -0.2) is 35.6 Å². The summed E-state index contributed by atoms with van der Waals surface area (Å²) in [7, 11) is 0. The minimum absolute atomic E-state index is 0.660. The maximum absolute atomic E-state index is 5.49. The summed E-state index contributed by atoms with van der Waals surface area (Å²) < 4.78 is 15.2. The zero-order valence-electron chi connectivity index (χ0n) is 10.6. The molecule has 0 N–H and O–H groups in total. The minimum Gasteiger partial charge on any atom is -0.377 e. The molecule has 0 bridgehead atoms. The van der Waals surface area contributed by atoms with Crippen LogP contribution in [0.2, 0.25) is 0 Å². The first-order valence-corrected chi connectivity index (χ1v) is 6.32. The lowest BCUT2D eigenvalue weighted by Gasteiger charge is -2.07. The summed E-state index contributed by atoms with van der Waals surface area (Å²) in [4.78, 5) is 0. The van der Waals surface area contributed by atoms with Gasteiger partial charge in [-0.2, -0.15) is 0 Å². The van der Waals surface area contributed by atoms with E-state index < -0.39 is 0 Å². The third-order valence-corrected chi connectivity index (χ3v) is 2.69. The molecule has 0 atom stereocenters. The van der Waals surface area contributed by atoms with Crippen LogP contribution in [0.3, 0.4) is 0 Å². The topological polar surface area (TPSA) is 28.3 Å². The van der Waals surface area contributed by atoms with Crippen LogP contribution in [0.1, 0.15) is 0 Å². The molecule has 18 heavy (non-hydrogen) atoms. The van der Waals surface area contributed by atoms with Crippen LogP contribution in [0.5, 0.6) is 0 Å². The molecule has 0 aliphatic heterocycles. The molecule has 98 valence electrons. The smallest absolute Gasteiger partial charge is 0.0701 e. The Bertz CT molecular complexity index is 355. The van der Waals surface area contributed by atoms with E-state index in [0.29, 0.717) is 13.2 Å². The molecule has 0 aliphatic rings. The van der Waals surface area contributed by atoms with Crippen LogP contribution in [0.4, 0.5) is 0 Å². The number of rotatable bonds is 9. The first kappa shape index (κ1) is 12.9. The lowest BCUT2D eigenvalue weighted by Crippen LogP contribution is -2.11. The third kappa shape index (κ3) is 4.77. The molecule has 4 nitrogen and oxygen atoms in total. The standard InChI is InChI=1S/C14H20N2O2/c1-2-6-15(5-1)9-11-17-13-14-18-12-10-16-7-3-4-8-16/h1-8H,9-14H2. The van der Waals surface area contributed by atoms with Crippen molar-refractivity contribution >= 4 is 0 Å². The van der Waals surface area contributed by atoms with Gasteiger partial charge in [0, 0.05) is 37.9 Å². The highest BCUT2D eigenvalue weighted by atomic mass is 16.5. The third-order valence-electron chi connectivity index (χ3n) is 2.69. The van der Waals surface area contributed by atoms with Crippen molar-refractivity contribution in [3.8, 4) is 0 Å². The molecule has 4 heteroatoms. The van der Waals surface area contributed by atoms with E-state index in [1.54, 1.807) is 0 Å². The molecular formula is C14H20N2O2. The van der Waals surface area contributed by atoms with Crippen LogP contribution >= 0.6 is 0 Å². The maximum Gasteiger partial charge on any atom is 0.0701 e. The van der Waals surface area contributed by atoms with E-state index in [1.165, 1.54) is 0 Å². The SMILES string of the molecule is c1ccn(CCOCCOCCn2cccc2)c1. The Balaban J connectivity index is 1.40. The monoisotopic (exact) mass is 248 g/mol. The van der Waals surface area contributed by atoms with Gasteiger partial charge in [-0.25, -0.2) is 0 Å². The molecule has 0 aliphatic carbocycles. The van der Waals surface area contributed by atoms with E-state index in [4.69, 9.17) is 9.47 Å². The molecule has 0 spiro atoms. The van der Waals surface area contributed by atoms with Gasteiger partial charge < -0.3 is 18.6 Å². The number of nitrogens with zero attached hydrogens (tertiary/aromatic N) is 2. The van der Waals surface area contributed by atoms with Crippen LogP contribution < -0.4 is 0 Å². The van der Waals surface area contributed by atoms with Crippen molar-refractivity contribution in [2.24, 2.45) is 0 Å². The van der Waals surface area contributed by atoms with Gasteiger partial charge in [0.05, 0.1) is 26.4 Å². The Hall–Kier alpha value is -1.52. The Morgan fingerprint density at radius 1 is 0.556 bits per heavy atom. The van der Waals surface area contributed by atoms with E-state index in [9.17, 15) is 0 Å². The average Bonchev–Trinajstić information content (AvgIpc) is 3.05. The van der Waals surface area contributed by atoms with E-state index in [2.05, 4.69) is 9.13 Å². The summed E-state index contributed by atoms with van der Waals surface area (Å²) in [6.07, 6.45) is 8.15. The van der Waals surface area contributed by atoms with Gasteiger partial charge >= 0.3 is 0 Å². The molecule has 2 heterocycles. The molecule has 2 aromatic heterocycles. The molecule has 2 rings (SSSR count). The number of hydrogen-bond acceptors (Lipinski definition) is 2. The van der Waals surface area contributed by atoms with Crippen molar-refractivity contribution in [2.45, 2.75) is 13.1 Å². The number of hydrogen-bond donors (Lipinski definition) is 0. The van der Waals surface area contributed by atoms with Crippen LogP contribution in [0.25, 0.3) is 0 Å². The zero-order chi connectivity index (χ0) is 12.5. The van der Waals surface area contributed by atoms with E-state index in [-0.39, 0.29) is 0 Å². The van der Waals surface area contributed by atoms with Gasteiger partial charge in [-0.05, 0) is 24.3 Å². The molecule has 0 radical (unpaired) electrons. The van der Waals surface area contributed by atoms with Crippen molar-refractivity contribution in [1.29, 1.82) is 0 Å². The molecular weight excluding hydrogens is 228 g/mol. The molecule has 0 saturated carbocycles. The molecule has 0 fully saturated rings. The average molecular weight is 248 g/mol. The van der Waals surface area contributed by atoms with Gasteiger partial charge in [0.2, 0.25) is 0 Å². The summed E-state index contributed by atoms with van der Waals surface area (Å²) in [6, 6.07) is 8.07. The van der Waals surface area contributed by atoms with Crippen molar-refractivity contribution in [2.75, 3.05) is 26.4 Å². The highest BCUT2D eigenvalue weighted by molar-refractivity contribution is 4.90. The molecule has 0 amide bonds. The fraction of sp³-hybridized carbons (Fsp3) is 0.429. The lowest BCUT2D eigenvalue weighted by molar-refractivity contribution is 0.0421. The van der Waals surface area contributed by atoms with E-state index in [0.717, 1.165) is 26.3 Å². The zero-order valence-corrected chi connectivity index (χ0v) is 10.6. The quantitative estimate of drug-likeness (QED) is 0.635. The summed E-state index contributed by atoms with van der Waals surface area (Å²) in [5, 5.41) is 0. The minimum atomic E-state index is 0.660. The van der Waals surface area contributed by atoms with Crippen LogP contribution in [-0.2, 0) is 22.6 Å². The van der Waals surface area contributed by atoms with Gasteiger partial charge in [0.25, 0.3) is 0 Å². The second kappa shape index (κ2) is 7.74. The van der Waals surface area contributed by atoms with Gasteiger partial charge in [-0.15, -0.1) is 0 Å². The summed E-state index contributed by atoms with van der Waals surface area (Å²) >= 11 is 0. The Kier molecular flexibility index (Phi) is 5.56. The van der Waals surface area contributed by atoms with E-state index in [1.807, 2.05) is 49.1 Å². The fourth-order valence-electron chi connectivity index (χ4n) is 1.70. The fourth-order valence-corrected chi connectivity index (χ4v) is 1.70. The van der Waals surface area contributed by atoms with Gasteiger partial charge in [-0.1, -0.05) is 0 Å². The summed E-state index contributed by atoms with van der Waals surface area (Å²) in [5.41, 5.74) is 0. The van der Waals surface area contributed by atoms with Crippen LogP contribution in [0, 0.1) is 0 Å². The highest BCUT2D eigenvalue weighted by Crippen LogP contribution is 1.91. The highest BCUT2D eigenvalue weighted by Gasteiger charge is 1.92. The lowest BCUT2D eigenvalue weighted by atomic mass is 10.6. The Morgan fingerprint density at radius 2 is 0.944 bits per heavy atom. The second-order valence-electron chi connectivity index (χ2n) is 4.07. The van der Waals surface area contributed by atoms with Crippen molar-refractivity contribution < 1.29 is 9.47 Å².